The number of hydrogen-bond donors (Lipinski definition) is 2. The van der Waals surface area contributed by atoms with Crippen LogP contribution in [0.3, 0.4) is 0 Å². The molecule has 0 saturated carbocycles. The molecule has 0 atom stereocenters. The summed E-state index contributed by atoms with van der Waals surface area (Å²) in [5.74, 6) is 0.107. The van der Waals surface area contributed by atoms with Gasteiger partial charge in [0.05, 0.1) is 18.6 Å². The molecule has 0 saturated heterocycles. The van der Waals surface area contributed by atoms with Gasteiger partial charge in [0.25, 0.3) is 15.9 Å². The van der Waals surface area contributed by atoms with Crippen molar-refractivity contribution in [2.45, 2.75) is 11.8 Å². The number of para-hydroxylation sites is 2. The van der Waals surface area contributed by atoms with Crippen molar-refractivity contribution in [3.8, 4) is 40.6 Å². The lowest BCUT2D eigenvalue weighted by Crippen LogP contribution is -2.16. The van der Waals surface area contributed by atoms with Crippen LogP contribution in [0.2, 0.25) is 0 Å². The zero-order valence-electron chi connectivity index (χ0n) is 20.5. The minimum absolute atomic E-state index is 0.00000772. The lowest BCUT2D eigenvalue weighted by atomic mass is 10.2. The average molecular weight is 534 g/mol. The van der Waals surface area contributed by atoms with Gasteiger partial charge in [0.2, 0.25) is 5.75 Å². The number of pyridine rings is 1. The molecular weight excluding hydrogens is 510 g/mol. The Morgan fingerprint density at radius 3 is 2.47 bits per heavy atom. The van der Waals surface area contributed by atoms with Crippen molar-refractivity contribution in [1.29, 1.82) is 5.26 Å². The van der Waals surface area contributed by atoms with Crippen LogP contribution >= 0.6 is 0 Å². The fourth-order valence-electron chi connectivity index (χ4n) is 3.31. The molecule has 2 heterocycles. The lowest BCUT2D eigenvalue weighted by molar-refractivity contribution is 0.192. The average Bonchev–Trinajstić information content (AvgIpc) is 2.93. The number of ether oxygens (including phenoxy) is 3. The largest absolute Gasteiger partial charge is 0.493 e. The SMILES string of the molecule is COc1ccccc1Oc1c(NS(=O)(=O)c2ccc(C)cc2)nc(-c2ccnc(C#N)c2)nc1OCCO. The summed E-state index contributed by atoms with van der Waals surface area (Å²) in [5, 5.41) is 18.6. The highest BCUT2D eigenvalue weighted by Crippen LogP contribution is 2.41. The third-order valence-electron chi connectivity index (χ3n) is 5.14. The highest BCUT2D eigenvalue weighted by Gasteiger charge is 2.25. The Kier molecular flexibility index (Phi) is 8.00. The van der Waals surface area contributed by atoms with Gasteiger partial charge in [-0.25, -0.2) is 18.4 Å². The summed E-state index contributed by atoms with van der Waals surface area (Å²) in [5.41, 5.74) is 1.38. The molecular formula is C26H23N5O6S. The zero-order valence-corrected chi connectivity index (χ0v) is 21.3. The molecule has 0 spiro atoms. The molecule has 2 aromatic heterocycles. The van der Waals surface area contributed by atoms with E-state index in [1.54, 1.807) is 42.5 Å². The minimum Gasteiger partial charge on any atom is -0.493 e. The van der Waals surface area contributed by atoms with E-state index in [0.717, 1.165) is 5.56 Å². The van der Waals surface area contributed by atoms with Crippen LogP contribution in [0.15, 0.2) is 71.8 Å². The smallest absolute Gasteiger partial charge is 0.263 e. The normalized spacial score (nSPS) is 10.9. The van der Waals surface area contributed by atoms with Crippen LogP contribution in [0.25, 0.3) is 11.4 Å². The molecule has 0 unspecified atom stereocenters. The molecule has 12 heteroatoms. The first-order chi connectivity index (χ1) is 18.3. The van der Waals surface area contributed by atoms with Gasteiger partial charge in [-0.05, 0) is 43.3 Å². The van der Waals surface area contributed by atoms with Crippen LogP contribution in [-0.4, -0.2) is 48.8 Å². The Hall–Kier alpha value is -4.73. The van der Waals surface area contributed by atoms with Crippen LogP contribution in [0.5, 0.6) is 23.1 Å². The molecule has 0 fully saturated rings. The molecule has 4 aromatic rings. The molecule has 0 aliphatic carbocycles. The van der Waals surface area contributed by atoms with Gasteiger partial charge in [0.1, 0.15) is 18.4 Å². The van der Waals surface area contributed by atoms with Crippen molar-refractivity contribution >= 4 is 15.8 Å². The van der Waals surface area contributed by atoms with Gasteiger partial charge >= 0.3 is 0 Å². The van der Waals surface area contributed by atoms with Crippen molar-refractivity contribution in [3.05, 3.63) is 78.1 Å². The Morgan fingerprint density at radius 2 is 1.79 bits per heavy atom. The van der Waals surface area contributed by atoms with E-state index in [0.29, 0.717) is 11.3 Å². The predicted octanol–water partition coefficient (Wildman–Crippen LogP) is 3.69. The number of aromatic nitrogens is 3. The van der Waals surface area contributed by atoms with Crippen molar-refractivity contribution in [1.82, 2.24) is 15.0 Å². The Labute approximate surface area is 219 Å². The molecule has 38 heavy (non-hydrogen) atoms. The van der Waals surface area contributed by atoms with E-state index < -0.39 is 10.0 Å². The Bertz CT molecular complexity index is 1590. The molecule has 0 aliphatic heterocycles. The second-order valence-electron chi connectivity index (χ2n) is 7.82. The highest BCUT2D eigenvalue weighted by molar-refractivity contribution is 7.92. The first kappa shape index (κ1) is 26.3. The summed E-state index contributed by atoms with van der Waals surface area (Å²) in [6.07, 6.45) is 1.40. The van der Waals surface area contributed by atoms with E-state index >= 15 is 0 Å². The number of hydrogen-bond acceptors (Lipinski definition) is 10. The lowest BCUT2D eigenvalue weighted by Gasteiger charge is -2.18. The van der Waals surface area contributed by atoms with E-state index in [-0.39, 0.29) is 52.8 Å². The Morgan fingerprint density at radius 1 is 1.05 bits per heavy atom. The molecule has 2 N–H and O–H groups in total. The second-order valence-corrected chi connectivity index (χ2v) is 9.50. The monoisotopic (exact) mass is 533 g/mol. The third-order valence-corrected chi connectivity index (χ3v) is 6.50. The summed E-state index contributed by atoms with van der Waals surface area (Å²) < 4.78 is 46.2. The quantitative estimate of drug-likeness (QED) is 0.308. The number of anilines is 1. The number of nitrogens with zero attached hydrogens (tertiary/aromatic N) is 4. The van der Waals surface area contributed by atoms with E-state index in [4.69, 9.17) is 14.2 Å². The molecule has 0 amide bonds. The highest BCUT2D eigenvalue weighted by atomic mass is 32.2. The second kappa shape index (κ2) is 11.5. The van der Waals surface area contributed by atoms with Crippen molar-refractivity contribution in [2.75, 3.05) is 25.0 Å². The number of aliphatic hydroxyl groups excluding tert-OH is 1. The standard InChI is InChI=1S/C26H23N5O6S/c1-17-7-9-20(10-8-17)38(33,34)31-25-23(37-22-6-4-3-5-21(22)35-2)26(36-14-13-32)30-24(29-25)18-11-12-28-19(15-18)16-27/h3-12,15,32H,13-14H2,1-2H3,(H,29,30,31). The van der Waals surface area contributed by atoms with Gasteiger partial charge in [-0.1, -0.05) is 29.8 Å². The molecule has 0 aliphatic rings. The number of nitrogens with one attached hydrogen (secondary N) is 1. The summed E-state index contributed by atoms with van der Waals surface area (Å²) in [4.78, 5) is 12.8. The number of rotatable bonds is 10. The number of methoxy groups -OCH3 is 1. The summed E-state index contributed by atoms with van der Waals surface area (Å²) in [7, 11) is -2.67. The number of sulfonamides is 1. The van der Waals surface area contributed by atoms with Gasteiger partial charge in [0.15, 0.2) is 23.1 Å². The maximum Gasteiger partial charge on any atom is 0.263 e. The summed E-state index contributed by atoms with van der Waals surface area (Å²) in [6.45, 7) is 1.34. The number of aliphatic hydroxyl groups is 1. The maximum absolute atomic E-state index is 13.3. The fourth-order valence-corrected chi connectivity index (χ4v) is 4.31. The predicted molar refractivity (Wildman–Crippen MR) is 138 cm³/mol. The molecule has 0 radical (unpaired) electrons. The van der Waals surface area contributed by atoms with Crippen LogP contribution in [0.1, 0.15) is 11.3 Å². The number of benzene rings is 2. The van der Waals surface area contributed by atoms with Crippen LogP contribution < -0.4 is 18.9 Å². The summed E-state index contributed by atoms with van der Waals surface area (Å²) in [6, 6.07) is 17.9. The van der Waals surface area contributed by atoms with Crippen LogP contribution in [0.4, 0.5) is 5.82 Å². The number of aryl methyl sites for hydroxylation is 1. The van der Waals surface area contributed by atoms with E-state index in [9.17, 15) is 18.8 Å². The van der Waals surface area contributed by atoms with Crippen molar-refractivity contribution in [2.24, 2.45) is 0 Å². The summed E-state index contributed by atoms with van der Waals surface area (Å²) >= 11 is 0. The van der Waals surface area contributed by atoms with Gasteiger partial charge in [0, 0.05) is 11.8 Å². The minimum atomic E-state index is -4.13. The van der Waals surface area contributed by atoms with Gasteiger partial charge in [-0.15, -0.1) is 0 Å². The number of nitriles is 1. The van der Waals surface area contributed by atoms with Gasteiger partial charge in [-0.3, -0.25) is 4.72 Å². The molecule has 0 bridgehead atoms. The first-order valence-corrected chi connectivity index (χ1v) is 12.8. The van der Waals surface area contributed by atoms with E-state index in [1.807, 2.05) is 13.0 Å². The molecule has 194 valence electrons. The first-order valence-electron chi connectivity index (χ1n) is 11.3. The fraction of sp³-hybridized carbons (Fsp3) is 0.154. The van der Waals surface area contributed by atoms with Crippen LogP contribution in [-0.2, 0) is 10.0 Å². The van der Waals surface area contributed by atoms with Crippen molar-refractivity contribution < 1.29 is 27.7 Å². The van der Waals surface area contributed by atoms with Gasteiger partial charge < -0.3 is 19.3 Å². The zero-order chi connectivity index (χ0) is 27.1. The van der Waals surface area contributed by atoms with Gasteiger partial charge in [-0.2, -0.15) is 10.2 Å². The van der Waals surface area contributed by atoms with Crippen molar-refractivity contribution in [3.63, 3.8) is 0 Å². The molecule has 11 nitrogen and oxygen atoms in total. The van der Waals surface area contributed by atoms with E-state index in [2.05, 4.69) is 19.7 Å². The molecule has 2 aromatic carbocycles. The van der Waals surface area contributed by atoms with E-state index in [1.165, 1.54) is 31.5 Å². The maximum atomic E-state index is 13.3. The molecule has 4 rings (SSSR count). The topological polar surface area (TPSA) is 157 Å². The third kappa shape index (κ3) is 5.97. The van der Waals surface area contributed by atoms with Crippen LogP contribution in [0, 0.1) is 18.3 Å². The Balaban J connectivity index is 1.91.